The molecule has 1 atom stereocenters. The average molecular weight is 211 g/mol. The fourth-order valence-electron chi connectivity index (χ4n) is 0.864. The van der Waals surface area contributed by atoms with Gasteiger partial charge in [-0.15, -0.1) is 6.58 Å². The molecule has 0 spiro atoms. The topological polar surface area (TPSA) is 55.4 Å². The van der Waals surface area contributed by atoms with Gasteiger partial charge in [-0.3, -0.25) is 4.79 Å². The van der Waals surface area contributed by atoms with Crippen molar-refractivity contribution in [2.75, 3.05) is 6.61 Å². The van der Waals surface area contributed by atoms with Crippen molar-refractivity contribution in [3.05, 3.63) is 24.9 Å². The minimum absolute atomic E-state index is 0.0295. The minimum atomic E-state index is -0.600. The molecule has 1 amide bonds. The number of carbonyl (C=O) groups is 2. The third-order valence-electron chi connectivity index (χ3n) is 1.72. The molecular formula is C11H17NO3. The van der Waals surface area contributed by atoms with E-state index in [1.165, 1.54) is 0 Å². The van der Waals surface area contributed by atoms with Gasteiger partial charge in [0, 0.05) is 6.42 Å². The van der Waals surface area contributed by atoms with Crippen LogP contribution in [0.25, 0.3) is 0 Å². The van der Waals surface area contributed by atoms with Crippen LogP contribution in [-0.2, 0) is 14.3 Å². The zero-order chi connectivity index (χ0) is 11.8. The number of ether oxygens (including phenoxy) is 1. The summed E-state index contributed by atoms with van der Waals surface area (Å²) in [6.07, 6.45) is 1.95. The van der Waals surface area contributed by atoms with Crippen molar-refractivity contribution in [3.8, 4) is 0 Å². The number of hydrogen-bond donors (Lipinski definition) is 1. The number of esters is 1. The van der Waals surface area contributed by atoms with Crippen LogP contribution in [0, 0.1) is 5.92 Å². The molecule has 0 saturated heterocycles. The van der Waals surface area contributed by atoms with E-state index in [1.807, 2.05) is 6.92 Å². The summed E-state index contributed by atoms with van der Waals surface area (Å²) >= 11 is 0. The van der Waals surface area contributed by atoms with Crippen LogP contribution in [0.3, 0.4) is 0 Å². The standard InChI is InChI=1S/C11H17NO3/c1-5-8(3)7-10(13)12-9(4)11(14)15-6-2/h5,8H,1,4,6-7H2,2-3H3,(H,12,13). The van der Waals surface area contributed by atoms with E-state index < -0.39 is 5.97 Å². The molecule has 0 radical (unpaired) electrons. The van der Waals surface area contributed by atoms with E-state index >= 15 is 0 Å². The zero-order valence-corrected chi connectivity index (χ0v) is 9.21. The van der Waals surface area contributed by atoms with Crippen LogP contribution in [-0.4, -0.2) is 18.5 Å². The Morgan fingerprint density at radius 2 is 2.13 bits per heavy atom. The molecule has 0 rings (SSSR count). The van der Waals surface area contributed by atoms with Crippen molar-refractivity contribution in [3.63, 3.8) is 0 Å². The molecule has 0 saturated carbocycles. The summed E-state index contributed by atoms with van der Waals surface area (Å²) in [7, 11) is 0. The van der Waals surface area contributed by atoms with Gasteiger partial charge in [0.05, 0.1) is 6.61 Å². The molecule has 0 aliphatic heterocycles. The molecule has 0 aromatic carbocycles. The molecule has 0 aliphatic rings. The predicted octanol–water partition coefficient (Wildman–Crippen LogP) is 1.39. The van der Waals surface area contributed by atoms with Crippen LogP contribution >= 0.6 is 0 Å². The summed E-state index contributed by atoms with van der Waals surface area (Å²) in [6.45, 7) is 10.8. The van der Waals surface area contributed by atoms with E-state index in [4.69, 9.17) is 0 Å². The molecule has 84 valence electrons. The van der Waals surface area contributed by atoms with E-state index in [0.717, 1.165) is 0 Å². The molecule has 1 N–H and O–H groups in total. The Morgan fingerprint density at radius 1 is 1.53 bits per heavy atom. The lowest BCUT2D eigenvalue weighted by Gasteiger charge is -2.08. The Labute approximate surface area is 90.0 Å². The molecule has 1 unspecified atom stereocenters. The third-order valence-corrected chi connectivity index (χ3v) is 1.72. The monoisotopic (exact) mass is 211 g/mol. The van der Waals surface area contributed by atoms with Gasteiger partial charge in [0.15, 0.2) is 0 Å². The zero-order valence-electron chi connectivity index (χ0n) is 9.21. The summed E-state index contributed by atoms with van der Waals surface area (Å²) in [5.41, 5.74) is -0.0295. The van der Waals surface area contributed by atoms with Crippen LogP contribution in [0.5, 0.6) is 0 Å². The summed E-state index contributed by atoms with van der Waals surface area (Å²) in [4.78, 5) is 22.4. The second-order valence-electron chi connectivity index (χ2n) is 3.16. The fraction of sp³-hybridized carbons (Fsp3) is 0.455. The number of carbonyl (C=O) groups excluding carboxylic acids is 2. The molecule has 0 aromatic heterocycles. The van der Waals surface area contributed by atoms with Crippen LogP contribution in [0.15, 0.2) is 24.9 Å². The molecule has 0 heterocycles. The molecule has 4 heteroatoms. The lowest BCUT2D eigenvalue weighted by atomic mass is 10.1. The van der Waals surface area contributed by atoms with Gasteiger partial charge in [-0.05, 0) is 12.8 Å². The lowest BCUT2D eigenvalue weighted by Crippen LogP contribution is -2.28. The fourth-order valence-corrected chi connectivity index (χ4v) is 0.864. The van der Waals surface area contributed by atoms with Crippen LogP contribution in [0.2, 0.25) is 0 Å². The third kappa shape index (κ3) is 5.67. The van der Waals surface area contributed by atoms with Gasteiger partial charge in [-0.1, -0.05) is 19.6 Å². The molecular weight excluding hydrogens is 194 g/mol. The van der Waals surface area contributed by atoms with Crippen molar-refractivity contribution in [2.24, 2.45) is 5.92 Å². The van der Waals surface area contributed by atoms with Crippen molar-refractivity contribution in [2.45, 2.75) is 20.3 Å². The maximum absolute atomic E-state index is 11.3. The van der Waals surface area contributed by atoms with Crippen molar-refractivity contribution in [1.82, 2.24) is 5.32 Å². The average Bonchev–Trinajstić information content (AvgIpc) is 2.17. The number of rotatable bonds is 6. The summed E-state index contributed by atoms with van der Waals surface area (Å²) in [6, 6.07) is 0. The first-order chi connectivity index (χ1) is 7.01. The maximum Gasteiger partial charge on any atom is 0.354 e. The quantitative estimate of drug-likeness (QED) is 0.410. The number of allylic oxidation sites excluding steroid dienone is 1. The van der Waals surface area contributed by atoms with Gasteiger partial charge >= 0.3 is 5.97 Å². The van der Waals surface area contributed by atoms with Crippen LogP contribution in [0.4, 0.5) is 0 Å². The molecule has 0 fully saturated rings. The van der Waals surface area contributed by atoms with E-state index in [-0.39, 0.29) is 30.5 Å². The number of hydrogen-bond acceptors (Lipinski definition) is 3. The minimum Gasteiger partial charge on any atom is -0.461 e. The summed E-state index contributed by atoms with van der Waals surface area (Å²) in [5.74, 6) is -0.794. The van der Waals surface area contributed by atoms with E-state index in [1.54, 1.807) is 13.0 Å². The van der Waals surface area contributed by atoms with E-state index in [2.05, 4.69) is 23.2 Å². The maximum atomic E-state index is 11.3. The van der Waals surface area contributed by atoms with E-state index in [0.29, 0.717) is 0 Å². The smallest absolute Gasteiger partial charge is 0.354 e. The SMILES string of the molecule is C=CC(C)CC(=O)NC(=C)C(=O)OCC. The number of amides is 1. The second kappa shape index (κ2) is 6.81. The highest BCUT2D eigenvalue weighted by molar-refractivity contribution is 5.93. The largest absolute Gasteiger partial charge is 0.461 e. The lowest BCUT2D eigenvalue weighted by molar-refractivity contribution is -0.140. The summed E-state index contributed by atoms with van der Waals surface area (Å²) in [5, 5.41) is 2.37. The summed E-state index contributed by atoms with van der Waals surface area (Å²) < 4.78 is 4.66. The van der Waals surface area contributed by atoms with Crippen molar-refractivity contribution >= 4 is 11.9 Å². The predicted molar refractivity (Wildman–Crippen MR) is 57.9 cm³/mol. The van der Waals surface area contributed by atoms with Gasteiger partial charge in [-0.2, -0.15) is 0 Å². The highest BCUT2D eigenvalue weighted by Crippen LogP contribution is 2.02. The van der Waals surface area contributed by atoms with E-state index in [9.17, 15) is 9.59 Å². The molecule has 4 nitrogen and oxygen atoms in total. The highest BCUT2D eigenvalue weighted by atomic mass is 16.5. The first kappa shape index (κ1) is 13.4. The van der Waals surface area contributed by atoms with Gasteiger partial charge in [0.2, 0.25) is 5.91 Å². The van der Waals surface area contributed by atoms with Gasteiger partial charge in [0.25, 0.3) is 0 Å². The van der Waals surface area contributed by atoms with Crippen molar-refractivity contribution < 1.29 is 14.3 Å². The molecule has 0 bridgehead atoms. The molecule has 0 aromatic rings. The van der Waals surface area contributed by atoms with Gasteiger partial charge < -0.3 is 10.1 Å². The molecule has 15 heavy (non-hydrogen) atoms. The Bertz CT molecular complexity index is 271. The van der Waals surface area contributed by atoms with Crippen molar-refractivity contribution in [1.29, 1.82) is 0 Å². The van der Waals surface area contributed by atoms with Gasteiger partial charge in [-0.25, -0.2) is 4.79 Å². The Morgan fingerprint density at radius 3 is 2.60 bits per heavy atom. The Balaban J connectivity index is 4.01. The molecule has 0 aliphatic carbocycles. The Hall–Kier alpha value is -1.58. The highest BCUT2D eigenvalue weighted by Gasteiger charge is 2.12. The Kier molecular flexibility index (Phi) is 6.09. The second-order valence-corrected chi connectivity index (χ2v) is 3.16. The van der Waals surface area contributed by atoms with Crippen LogP contribution in [0.1, 0.15) is 20.3 Å². The normalized spacial score (nSPS) is 11.3. The van der Waals surface area contributed by atoms with Crippen LogP contribution < -0.4 is 5.32 Å². The first-order valence-electron chi connectivity index (χ1n) is 4.79. The first-order valence-corrected chi connectivity index (χ1v) is 4.79. The number of nitrogens with one attached hydrogen (secondary N) is 1. The van der Waals surface area contributed by atoms with Gasteiger partial charge in [0.1, 0.15) is 5.70 Å².